The molecule has 18 nitrogen and oxygen atoms in total. The summed E-state index contributed by atoms with van der Waals surface area (Å²) in [5, 5.41) is 68.4. The highest BCUT2D eigenvalue weighted by molar-refractivity contribution is 5.91. The van der Waals surface area contributed by atoms with Crippen LogP contribution in [0.4, 0.5) is 5.69 Å². The Kier molecular flexibility index (Phi) is 16.3. The molecular weight excluding hydrogens is 700 g/mol. The molecule has 4 rings (SSSR count). The summed E-state index contributed by atoms with van der Waals surface area (Å²) in [6, 6.07) is 9.03. The van der Waals surface area contributed by atoms with Crippen LogP contribution in [0.5, 0.6) is 0 Å². The number of unbranched alkanes of at least 4 members (excludes halogenated alkanes) is 1. The molecule has 18 heteroatoms. The number of anilines is 1. The quantitative estimate of drug-likeness (QED) is 0.0796. The highest BCUT2D eigenvalue weighted by atomic mass is 16.7. The molecule has 9 N–H and O–H groups in total. The lowest BCUT2D eigenvalue weighted by Crippen LogP contribution is -2.57. The predicted octanol–water partition coefficient (Wildman–Crippen LogP) is -2.43. The van der Waals surface area contributed by atoms with E-state index in [1.54, 1.807) is 12.1 Å². The lowest BCUT2D eigenvalue weighted by Gasteiger charge is -2.39. The molecule has 1 aromatic carbocycles. The van der Waals surface area contributed by atoms with Gasteiger partial charge in [0.05, 0.1) is 37.3 Å². The number of hydrogen-bond acceptors (Lipinski definition) is 14. The van der Waals surface area contributed by atoms with Crippen molar-refractivity contribution < 1.29 is 68.8 Å². The first-order valence-electron chi connectivity index (χ1n) is 18.1. The highest BCUT2D eigenvalue weighted by Gasteiger charge is 2.44. The number of para-hydroxylation sites is 1. The molecule has 1 aromatic rings. The zero-order chi connectivity index (χ0) is 38.7. The van der Waals surface area contributed by atoms with Gasteiger partial charge in [0.2, 0.25) is 23.6 Å². The number of nitrogens with zero attached hydrogens (tertiary/aromatic N) is 1. The number of amides is 4. The van der Waals surface area contributed by atoms with Gasteiger partial charge in [0.1, 0.15) is 36.6 Å². The van der Waals surface area contributed by atoms with Crippen molar-refractivity contribution in [2.24, 2.45) is 11.8 Å². The molecule has 3 saturated heterocycles. The molecule has 3 fully saturated rings. The molecule has 0 unspecified atom stereocenters. The Labute approximate surface area is 307 Å². The zero-order valence-electron chi connectivity index (χ0n) is 30.0. The Morgan fingerprint density at radius 2 is 1.23 bits per heavy atom. The average Bonchev–Trinajstić information content (AvgIpc) is 3.15. The van der Waals surface area contributed by atoms with E-state index in [1.807, 2.05) is 18.2 Å². The van der Waals surface area contributed by atoms with E-state index in [9.17, 15) is 49.8 Å². The summed E-state index contributed by atoms with van der Waals surface area (Å²) in [6.45, 7) is 2.87. The maximum Gasteiger partial charge on any atom is 0.225 e. The van der Waals surface area contributed by atoms with Crippen LogP contribution in [0.1, 0.15) is 46.0 Å². The Bertz CT molecular complexity index is 1340. The second-order valence-corrected chi connectivity index (χ2v) is 13.6. The van der Waals surface area contributed by atoms with Crippen molar-refractivity contribution in [3.63, 3.8) is 0 Å². The molecular formula is C35H54N4O14. The smallest absolute Gasteiger partial charge is 0.225 e. The molecule has 0 saturated carbocycles. The van der Waals surface area contributed by atoms with E-state index in [0.29, 0.717) is 18.5 Å². The molecule has 3 aliphatic heterocycles. The number of nitrogens with one attached hydrogen (secondary N) is 3. The van der Waals surface area contributed by atoms with E-state index in [1.165, 1.54) is 18.7 Å². The lowest BCUT2D eigenvalue weighted by atomic mass is 9.83. The number of ether oxygens (including phenoxy) is 4. The fourth-order valence-electron chi connectivity index (χ4n) is 6.49. The van der Waals surface area contributed by atoms with Gasteiger partial charge in [-0.05, 0) is 45.2 Å². The minimum atomic E-state index is -1.52. The fourth-order valence-corrected chi connectivity index (χ4v) is 6.49. The lowest BCUT2D eigenvalue weighted by molar-refractivity contribution is -0.292. The third kappa shape index (κ3) is 11.8. The Morgan fingerprint density at radius 1 is 0.717 bits per heavy atom. The minimum Gasteiger partial charge on any atom is -0.388 e. The summed E-state index contributed by atoms with van der Waals surface area (Å²) >= 11 is 0. The Hall–Kier alpha value is -3.30. The maximum atomic E-state index is 13.5. The topological polar surface area (TPSA) is 266 Å². The second-order valence-electron chi connectivity index (χ2n) is 13.6. The van der Waals surface area contributed by atoms with Crippen LogP contribution >= 0.6 is 0 Å². The van der Waals surface area contributed by atoms with Gasteiger partial charge in [0.15, 0.2) is 12.6 Å². The van der Waals surface area contributed by atoms with Crippen molar-refractivity contribution in [2.75, 3.05) is 44.7 Å². The number of carbonyl (C=O) groups excluding carboxylic acids is 4. The van der Waals surface area contributed by atoms with E-state index in [0.717, 1.165) is 0 Å². The van der Waals surface area contributed by atoms with Crippen LogP contribution in [-0.4, -0.2) is 160 Å². The fraction of sp³-hybridized carbons (Fsp3) is 0.714. The molecule has 0 bridgehead atoms. The molecule has 0 spiro atoms. The number of piperidine rings is 1. The van der Waals surface area contributed by atoms with Crippen molar-refractivity contribution in [3.05, 3.63) is 30.3 Å². The molecule has 0 aromatic heterocycles. The van der Waals surface area contributed by atoms with Crippen molar-refractivity contribution in [1.29, 1.82) is 0 Å². The second kappa shape index (κ2) is 20.4. The molecule has 298 valence electrons. The molecule has 0 aliphatic carbocycles. The number of rotatable bonds is 16. The van der Waals surface area contributed by atoms with E-state index in [2.05, 4.69) is 16.0 Å². The standard InChI is InChI=1S/C35H54N4O14/c1-19-26(42)28(44)30(46)34(52-19)50-16-13-36-32(48)22-12-15-39(25(41)11-7-6-10-24(40)38-21-8-4-3-5-9-21)18-23(22)33(49)37-14-17-51-35-31(47)29(45)27(43)20(2)53-35/h3-5,8-9,19-20,22-23,26-31,34-35,42-47H,6-7,10-18H2,1-2H3,(H,36,48)(H,37,49)(H,38,40)/t19-,20-,22+,23-,26+,27+,28+,29+,30-,31-,34+,35+/m0/s1. The third-order valence-corrected chi connectivity index (χ3v) is 9.72. The van der Waals surface area contributed by atoms with Crippen molar-refractivity contribution in [3.8, 4) is 0 Å². The van der Waals surface area contributed by atoms with Gasteiger partial charge in [-0.15, -0.1) is 0 Å². The molecule has 4 amide bonds. The largest absolute Gasteiger partial charge is 0.388 e. The summed E-state index contributed by atoms with van der Waals surface area (Å²) in [5.41, 5.74) is 0.685. The Morgan fingerprint density at radius 3 is 1.77 bits per heavy atom. The molecule has 3 aliphatic rings. The van der Waals surface area contributed by atoms with Crippen LogP contribution in [-0.2, 0) is 38.1 Å². The highest BCUT2D eigenvalue weighted by Crippen LogP contribution is 2.26. The SMILES string of the molecule is C[C@@H]1O[C@@H](OCCNC(=O)[C@H]2CN(C(=O)CCCCC(=O)Nc3ccccc3)CC[C@H]2C(=O)NCCO[C@@H]2O[C@@H](C)[C@@H](O)[C@@H](O)[C@@H]2O)[C@@H](O)[C@H](O)[C@@H]1O. The van der Waals surface area contributed by atoms with Crippen molar-refractivity contribution in [1.82, 2.24) is 15.5 Å². The van der Waals surface area contributed by atoms with Crippen molar-refractivity contribution >= 4 is 29.3 Å². The zero-order valence-corrected chi connectivity index (χ0v) is 30.0. The number of aliphatic hydroxyl groups is 6. The molecule has 3 heterocycles. The number of likely N-dealkylation sites (tertiary alicyclic amines) is 1. The summed E-state index contributed by atoms with van der Waals surface area (Å²) in [4.78, 5) is 53.9. The maximum absolute atomic E-state index is 13.5. The van der Waals surface area contributed by atoms with Gasteiger partial charge in [-0.25, -0.2) is 0 Å². The van der Waals surface area contributed by atoms with E-state index >= 15 is 0 Å². The van der Waals surface area contributed by atoms with Crippen LogP contribution in [0.3, 0.4) is 0 Å². The number of carbonyl (C=O) groups is 4. The molecule has 0 radical (unpaired) electrons. The van der Waals surface area contributed by atoms with Gasteiger partial charge in [0, 0.05) is 44.7 Å². The minimum absolute atomic E-state index is 0.0275. The van der Waals surface area contributed by atoms with Crippen LogP contribution in [0.25, 0.3) is 0 Å². The van der Waals surface area contributed by atoms with Crippen LogP contribution in [0, 0.1) is 11.8 Å². The van der Waals surface area contributed by atoms with Crippen molar-refractivity contribution in [2.45, 2.75) is 107 Å². The molecule has 53 heavy (non-hydrogen) atoms. The van der Waals surface area contributed by atoms with Gasteiger partial charge >= 0.3 is 0 Å². The van der Waals surface area contributed by atoms with Gasteiger partial charge in [-0.2, -0.15) is 0 Å². The Balaban J connectivity index is 1.28. The number of benzene rings is 1. The van der Waals surface area contributed by atoms with Gasteiger partial charge in [0.25, 0.3) is 0 Å². The summed E-state index contributed by atoms with van der Waals surface area (Å²) in [5.74, 6) is -3.13. The normalized spacial score (nSPS) is 33.2. The predicted molar refractivity (Wildman–Crippen MR) is 184 cm³/mol. The van der Waals surface area contributed by atoms with E-state index in [-0.39, 0.29) is 70.5 Å². The van der Waals surface area contributed by atoms with Gasteiger partial charge in [-0.1, -0.05) is 18.2 Å². The summed E-state index contributed by atoms with van der Waals surface area (Å²) < 4.78 is 21.8. The third-order valence-electron chi connectivity index (χ3n) is 9.72. The van der Waals surface area contributed by atoms with E-state index in [4.69, 9.17) is 18.9 Å². The summed E-state index contributed by atoms with van der Waals surface area (Å²) in [7, 11) is 0. The van der Waals surface area contributed by atoms with Crippen LogP contribution in [0.15, 0.2) is 30.3 Å². The van der Waals surface area contributed by atoms with Gasteiger partial charge < -0.3 is 70.4 Å². The van der Waals surface area contributed by atoms with Crippen LogP contribution < -0.4 is 16.0 Å². The van der Waals surface area contributed by atoms with Gasteiger partial charge in [-0.3, -0.25) is 19.2 Å². The molecule has 12 atom stereocenters. The number of aliphatic hydroxyl groups excluding tert-OH is 6. The first-order chi connectivity index (χ1) is 25.3. The number of hydrogen-bond donors (Lipinski definition) is 9. The first kappa shape index (κ1) is 42.4. The average molecular weight is 755 g/mol. The first-order valence-corrected chi connectivity index (χ1v) is 18.1. The summed E-state index contributed by atoms with van der Waals surface area (Å²) in [6.07, 6.45) is -11.2. The van der Waals surface area contributed by atoms with E-state index < -0.39 is 85.1 Å². The monoisotopic (exact) mass is 754 g/mol. The van der Waals surface area contributed by atoms with Crippen LogP contribution in [0.2, 0.25) is 0 Å².